The van der Waals surface area contributed by atoms with E-state index in [0.717, 1.165) is 4.90 Å². The van der Waals surface area contributed by atoms with Crippen LogP contribution in [0.1, 0.15) is 0 Å². The normalized spacial score (nSPS) is 10.3. The fourth-order valence-electron chi connectivity index (χ4n) is 1.42. The average Bonchev–Trinajstić information content (AvgIpc) is 2.31. The van der Waals surface area contributed by atoms with Gasteiger partial charge in [-0.1, -0.05) is 33.8 Å². The Balaban J connectivity index is 2.37. The van der Waals surface area contributed by atoms with Crippen molar-refractivity contribution in [1.82, 2.24) is 0 Å². The van der Waals surface area contributed by atoms with Crippen molar-refractivity contribution in [3.05, 3.63) is 57.1 Å². The van der Waals surface area contributed by atoms with E-state index in [1.807, 2.05) is 12.1 Å². The largest absolute Gasteiger partial charge is 0.399 e. The number of anilines is 1. The summed E-state index contributed by atoms with van der Waals surface area (Å²) in [5.41, 5.74) is 6.40. The molecule has 0 aliphatic heterocycles. The van der Waals surface area contributed by atoms with E-state index in [4.69, 9.17) is 5.73 Å². The van der Waals surface area contributed by atoms with Crippen LogP contribution < -0.4 is 5.73 Å². The third-order valence-corrected chi connectivity index (χ3v) is 3.75. The molecular formula is C12H9BrN2O2S. The van der Waals surface area contributed by atoms with Crippen molar-refractivity contribution in [2.24, 2.45) is 0 Å². The molecule has 6 heteroatoms. The van der Waals surface area contributed by atoms with E-state index < -0.39 is 0 Å². The molecule has 0 aliphatic rings. The molecule has 0 fully saturated rings. The average molecular weight is 325 g/mol. The lowest BCUT2D eigenvalue weighted by Crippen LogP contribution is -1.91. The quantitative estimate of drug-likeness (QED) is 0.524. The van der Waals surface area contributed by atoms with Crippen LogP contribution in [0, 0.1) is 10.1 Å². The number of hydrogen-bond donors (Lipinski definition) is 1. The van der Waals surface area contributed by atoms with Gasteiger partial charge in [-0.15, -0.1) is 0 Å². The Morgan fingerprint density at radius 3 is 2.67 bits per heavy atom. The van der Waals surface area contributed by atoms with E-state index in [0.29, 0.717) is 15.1 Å². The van der Waals surface area contributed by atoms with Crippen LogP contribution in [0.2, 0.25) is 0 Å². The van der Waals surface area contributed by atoms with Gasteiger partial charge in [0.25, 0.3) is 5.69 Å². The first-order chi connectivity index (χ1) is 8.56. The Hall–Kier alpha value is -1.53. The molecule has 0 amide bonds. The van der Waals surface area contributed by atoms with E-state index >= 15 is 0 Å². The second-order valence-electron chi connectivity index (χ2n) is 3.54. The monoisotopic (exact) mass is 324 g/mol. The zero-order valence-electron chi connectivity index (χ0n) is 9.17. The van der Waals surface area contributed by atoms with Crippen LogP contribution >= 0.6 is 27.7 Å². The molecule has 18 heavy (non-hydrogen) atoms. The van der Waals surface area contributed by atoms with Crippen molar-refractivity contribution >= 4 is 39.1 Å². The van der Waals surface area contributed by atoms with Gasteiger partial charge in [-0.3, -0.25) is 10.1 Å². The van der Waals surface area contributed by atoms with Gasteiger partial charge in [0.1, 0.15) is 0 Å². The number of benzene rings is 2. The Labute approximate surface area is 116 Å². The molecule has 2 aromatic carbocycles. The summed E-state index contributed by atoms with van der Waals surface area (Å²) >= 11 is 4.55. The van der Waals surface area contributed by atoms with Crippen molar-refractivity contribution in [3.63, 3.8) is 0 Å². The van der Waals surface area contributed by atoms with Crippen LogP contribution in [0.15, 0.2) is 56.7 Å². The highest BCUT2D eigenvalue weighted by Gasteiger charge is 2.15. The number of rotatable bonds is 3. The number of nitrogen functional groups attached to an aromatic ring is 1. The zero-order valence-corrected chi connectivity index (χ0v) is 11.6. The molecule has 0 heterocycles. The van der Waals surface area contributed by atoms with Gasteiger partial charge in [-0.05, 0) is 30.3 Å². The highest BCUT2D eigenvalue weighted by atomic mass is 79.9. The summed E-state index contributed by atoms with van der Waals surface area (Å²) in [5.74, 6) is 0. The summed E-state index contributed by atoms with van der Waals surface area (Å²) < 4.78 is 0.686. The van der Waals surface area contributed by atoms with Crippen molar-refractivity contribution < 1.29 is 4.92 Å². The standard InChI is InChI=1S/C12H9BrN2O2S/c13-8-4-5-12(11(6-8)15(16)17)18-10-3-1-2-9(14)7-10/h1-7H,14H2. The van der Waals surface area contributed by atoms with Crippen molar-refractivity contribution in [2.45, 2.75) is 9.79 Å². The molecule has 0 spiro atoms. The summed E-state index contributed by atoms with van der Waals surface area (Å²) in [7, 11) is 0. The van der Waals surface area contributed by atoms with Gasteiger partial charge in [0.2, 0.25) is 0 Å². The second kappa shape index (κ2) is 5.41. The van der Waals surface area contributed by atoms with Crippen LogP contribution in [0.4, 0.5) is 11.4 Å². The van der Waals surface area contributed by atoms with Crippen molar-refractivity contribution in [3.8, 4) is 0 Å². The Morgan fingerprint density at radius 2 is 2.00 bits per heavy atom. The van der Waals surface area contributed by atoms with Crippen molar-refractivity contribution in [1.29, 1.82) is 0 Å². The molecule has 0 bridgehead atoms. The summed E-state index contributed by atoms with van der Waals surface area (Å²) in [6, 6.07) is 12.2. The van der Waals surface area contributed by atoms with Gasteiger partial charge in [-0.25, -0.2) is 0 Å². The third kappa shape index (κ3) is 3.02. The van der Waals surface area contributed by atoms with Gasteiger partial charge in [0, 0.05) is 21.1 Å². The molecule has 2 aromatic rings. The number of nitro groups is 1. The Morgan fingerprint density at radius 1 is 1.22 bits per heavy atom. The molecule has 0 unspecified atom stereocenters. The highest BCUT2D eigenvalue weighted by molar-refractivity contribution is 9.10. The maximum Gasteiger partial charge on any atom is 0.284 e. The minimum absolute atomic E-state index is 0.0804. The van der Waals surface area contributed by atoms with Gasteiger partial charge < -0.3 is 5.73 Å². The van der Waals surface area contributed by atoms with Gasteiger partial charge in [0.15, 0.2) is 0 Å². The fraction of sp³-hybridized carbons (Fsp3) is 0. The van der Waals surface area contributed by atoms with Crippen LogP contribution in [-0.4, -0.2) is 4.92 Å². The Kier molecular flexibility index (Phi) is 3.88. The molecule has 2 N–H and O–H groups in total. The first-order valence-corrected chi connectivity index (χ1v) is 6.64. The number of nitrogens with zero attached hydrogens (tertiary/aromatic N) is 1. The topological polar surface area (TPSA) is 69.2 Å². The van der Waals surface area contributed by atoms with E-state index in [-0.39, 0.29) is 10.6 Å². The van der Waals surface area contributed by atoms with Crippen LogP contribution in [-0.2, 0) is 0 Å². The smallest absolute Gasteiger partial charge is 0.284 e. The highest BCUT2D eigenvalue weighted by Crippen LogP contribution is 2.36. The maximum absolute atomic E-state index is 11.0. The van der Waals surface area contributed by atoms with E-state index in [2.05, 4.69) is 15.9 Å². The lowest BCUT2D eigenvalue weighted by molar-refractivity contribution is -0.387. The molecular weight excluding hydrogens is 316 g/mol. The SMILES string of the molecule is Nc1cccc(Sc2ccc(Br)cc2[N+](=O)[O-])c1. The molecule has 2 rings (SSSR count). The molecule has 0 atom stereocenters. The summed E-state index contributed by atoms with van der Waals surface area (Å²) in [5, 5.41) is 11.0. The molecule has 0 aliphatic carbocycles. The van der Waals surface area contributed by atoms with Crippen LogP contribution in [0.3, 0.4) is 0 Å². The number of hydrogen-bond acceptors (Lipinski definition) is 4. The molecule has 4 nitrogen and oxygen atoms in total. The first kappa shape index (κ1) is 12.9. The number of nitro benzene ring substituents is 1. The lowest BCUT2D eigenvalue weighted by atomic mass is 10.3. The summed E-state index contributed by atoms with van der Waals surface area (Å²) in [4.78, 5) is 12.1. The first-order valence-electron chi connectivity index (χ1n) is 5.03. The predicted octanol–water partition coefficient (Wildman–Crippen LogP) is 4.09. The Bertz CT molecular complexity index is 604. The van der Waals surface area contributed by atoms with Gasteiger partial charge in [0.05, 0.1) is 9.82 Å². The third-order valence-electron chi connectivity index (χ3n) is 2.20. The van der Waals surface area contributed by atoms with Gasteiger partial charge in [-0.2, -0.15) is 0 Å². The van der Waals surface area contributed by atoms with E-state index in [1.54, 1.807) is 24.3 Å². The number of halogens is 1. The summed E-state index contributed by atoms with van der Waals surface area (Å²) in [6.45, 7) is 0. The molecule has 0 aromatic heterocycles. The van der Waals surface area contributed by atoms with Crippen molar-refractivity contribution in [2.75, 3.05) is 5.73 Å². The van der Waals surface area contributed by atoms with Crippen LogP contribution in [0.25, 0.3) is 0 Å². The molecule has 0 saturated carbocycles. The maximum atomic E-state index is 11.0. The fourth-order valence-corrected chi connectivity index (χ4v) is 2.74. The predicted molar refractivity (Wildman–Crippen MR) is 75.8 cm³/mol. The zero-order chi connectivity index (χ0) is 13.1. The van der Waals surface area contributed by atoms with E-state index in [1.165, 1.54) is 17.8 Å². The lowest BCUT2D eigenvalue weighted by Gasteiger charge is -2.04. The number of nitrogens with two attached hydrogens (primary N) is 1. The minimum Gasteiger partial charge on any atom is -0.399 e. The summed E-state index contributed by atoms with van der Waals surface area (Å²) in [6.07, 6.45) is 0. The molecule has 0 radical (unpaired) electrons. The minimum atomic E-state index is -0.389. The van der Waals surface area contributed by atoms with Gasteiger partial charge >= 0.3 is 0 Å². The molecule has 92 valence electrons. The second-order valence-corrected chi connectivity index (χ2v) is 5.57. The molecule has 0 saturated heterocycles. The van der Waals surface area contributed by atoms with Crippen LogP contribution in [0.5, 0.6) is 0 Å². The van der Waals surface area contributed by atoms with E-state index in [9.17, 15) is 10.1 Å².